The summed E-state index contributed by atoms with van der Waals surface area (Å²) in [6.07, 6.45) is 3.50. The van der Waals surface area contributed by atoms with Crippen LogP contribution >= 0.6 is 0 Å². The molecule has 4 heteroatoms. The van der Waals surface area contributed by atoms with E-state index >= 15 is 0 Å². The molecule has 0 aliphatic rings. The van der Waals surface area contributed by atoms with Crippen molar-refractivity contribution in [2.45, 2.75) is 41.5 Å². The molecule has 4 aromatic carbocycles. The van der Waals surface area contributed by atoms with E-state index in [2.05, 4.69) is 87.9 Å². The maximum atomic E-state index is 10.4. The predicted molar refractivity (Wildman–Crippen MR) is 165 cm³/mol. The second kappa shape index (κ2) is 11.7. The van der Waals surface area contributed by atoms with E-state index in [0.29, 0.717) is 24.2 Å². The molecule has 0 aliphatic carbocycles. The zero-order valence-corrected chi connectivity index (χ0v) is 23.8. The minimum Gasteiger partial charge on any atom is -0.507 e. The highest BCUT2D eigenvalue weighted by Crippen LogP contribution is 2.31. The summed E-state index contributed by atoms with van der Waals surface area (Å²) < 4.78 is 0. The Kier molecular flexibility index (Phi) is 8.35. The molecule has 2 N–H and O–H groups in total. The van der Waals surface area contributed by atoms with Crippen LogP contribution in [0, 0.1) is 33.1 Å². The largest absolute Gasteiger partial charge is 0.507 e. The zero-order chi connectivity index (χ0) is 28.2. The van der Waals surface area contributed by atoms with Gasteiger partial charge in [0.15, 0.2) is 0 Å². The number of phenolic OH excluding ortho intramolecular Hbond substituents is 2. The Balaban J connectivity index is 1.46. The number of benzene rings is 4. The third kappa shape index (κ3) is 6.64. The quantitative estimate of drug-likeness (QED) is 0.231. The summed E-state index contributed by atoms with van der Waals surface area (Å²) in [5.41, 5.74) is 10.5. The maximum absolute atomic E-state index is 10.4. The van der Waals surface area contributed by atoms with E-state index in [1.807, 2.05) is 24.3 Å². The van der Waals surface area contributed by atoms with Crippen molar-refractivity contribution in [2.75, 3.05) is 13.1 Å². The first-order valence-electron chi connectivity index (χ1n) is 13.3. The number of rotatable bonds is 8. The number of aliphatic imine (C=N–C) groups is 2. The van der Waals surface area contributed by atoms with Crippen molar-refractivity contribution < 1.29 is 10.2 Å². The van der Waals surface area contributed by atoms with E-state index in [9.17, 15) is 10.2 Å². The molecule has 0 aromatic heterocycles. The molecule has 0 aliphatic heterocycles. The standard InChI is InChI=1S/C35H38N2O2/c1-23-9-7-10-24(2)33(23)27-13-15-31(38)29(17-27)19-36-21-35(5,6)22-37-20-30-18-28(14-16-32(30)39)34-25(3)11-8-12-26(34)4/h7-20,38-39H,21-22H2,1-6H3. The molecule has 4 rings (SSSR count). The van der Waals surface area contributed by atoms with Gasteiger partial charge in [0.25, 0.3) is 0 Å². The molecule has 0 spiro atoms. The van der Waals surface area contributed by atoms with Crippen LogP contribution in [0.2, 0.25) is 0 Å². The highest BCUT2D eigenvalue weighted by molar-refractivity contribution is 5.88. The smallest absolute Gasteiger partial charge is 0.124 e. The molecule has 4 aromatic rings. The lowest BCUT2D eigenvalue weighted by molar-refractivity contribution is 0.396. The molecule has 0 saturated carbocycles. The van der Waals surface area contributed by atoms with Crippen molar-refractivity contribution in [3.63, 3.8) is 0 Å². The number of phenols is 2. The molecule has 0 radical (unpaired) electrons. The van der Waals surface area contributed by atoms with Gasteiger partial charge in [-0.1, -0.05) is 62.4 Å². The van der Waals surface area contributed by atoms with Gasteiger partial charge in [-0.15, -0.1) is 0 Å². The zero-order valence-electron chi connectivity index (χ0n) is 23.8. The Morgan fingerprint density at radius 1 is 0.590 bits per heavy atom. The van der Waals surface area contributed by atoms with Gasteiger partial charge < -0.3 is 10.2 Å². The molecule has 0 bridgehead atoms. The molecule has 0 saturated heterocycles. The second-order valence-electron chi connectivity index (χ2n) is 11.2. The van der Waals surface area contributed by atoms with Gasteiger partial charge in [-0.2, -0.15) is 0 Å². The summed E-state index contributed by atoms with van der Waals surface area (Å²) in [4.78, 5) is 9.32. The average Bonchev–Trinajstić information content (AvgIpc) is 2.87. The Bertz CT molecular complexity index is 1390. The third-order valence-electron chi connectivity index (χ3n) is 7.09. The molecular formula is C35H38N2O2. The third-order valence-corrected chi connectivity index (χ3v) is 7.09. The summed E-state index contributed by atoms with van der Waals surface area (Å²) in [7, 11) is 0. The van der Waals surface area contributed by atoms with Crippen LogP contribution in [0.25, 0.3) is 22.3 Å². The van der Waals surface area contributed by atoms with Crippen LogP contribution in [0.5, 0.6) is 11.5 Å². The molecule has 0 fully saturated rings. The van der Waals surface area contributed by atoms with E-state index in [1.165, 1.54) is 33.4 Å². The molecule has 0 atom stereocenters. The lowest BCUT2D eigenvalue weighted by Crippen LogP contribution is -2.19. The molecule has 4 nitrogen and oxygen atoms in total. The minimum atomic E-state index is -0.202. The monoisotopic (exact) mass is 518 g/mol. The summed E-state index contributed by atoms with van der Waals surface area (Å²) in [6.45, 7) is 13.7. The summed E-state index contributed by atoms with van der Waals surface area (Å²) in [5.74, 6) is 0.424. The highest BCUT2D eigenvalue weighted by atomic mass is 16.3. The predicted octanol–water partition coefficient (Wildman–Crippen LogP) is 8.23. The lowest BCUT2D eigenvalue weighted by atomic mass is 9.93. The Morgan fingerprint density at radius 3 is 1.31 bits per heavy atom. The molecule has 39 heavy (non-hydrogen) atoms. The summed E-state index contributed by atoms with van der Waals surface area (Å²) >= 11 is 0. The van der Waals surface area contributed by atoms with Crippen molar-refractivity contribution in [1.29, 1.82) is 0 Å². The average molecular weight is 519 g/mol. The van der Waals surface area contributed by atoms with Gasteiger partial charge >= 0.3 is 0 Å². The van der Waals surface area contributed by atoms with Crippen molar-refractivity contribution in [1.82, 2.24) is 0 Å². The van der Waals surface area contributed by atoms with Crippen LogP contribution in [-0.4, -0.2) is 35.7 Å². The first-order valence-corrected chi connectivity index (χ1v) is 13.3. The SMILES string of the molecule is Cc1cccc(C)c1-c1ccc(O)c(C=NCC(C)(C)CN=Cc2cc(-c3c(C)cccc3C)ccc2O)c1. The lowest BCUT2D eigenvalue weighted by Gasteiger charge is -2.19. The fourth-order valence-corrected chi connectivity index (χ4v) is 5.00. The number of nitrogens with zero attached hydrogens (tertiary/aromatic N) is 2. The molecule has 0 unspecified atom stereocenters. The normalized spacial score (nSPS) is 12.1. The number of hydrogen-bond acceptors (Lipinski definition) is 4. The number of aromatic hydroxyl groups is 2. The second-order valence-corrected chi connectivity index (χ2v) is 11.2. The van der Waals surface area contributed by atoms with Crippen LogP contribution in [-0.2, 0) is 0 Å². The van der Waals surface area contributed by atoms with E-state index in [1.54, 1.807) is 24.6 Å². The topological polar surface area (TPSA) is 65.2 Å². The fourth-order valence-electron chi connectivity index (χ4n) is 5.00. The maximum Gasteiger partial charge on any atom is 0.124 e. The summed E-state index contributed by atoms with van der Waals surface area (Å²) in [5, 5.41) is 20.9. The van der Waals surface area contributed by atoms with Gasteiger partial charge in [0.2, 0.25) is 0 Å². The van der Waals surface area contributed by atoms with E-state index in [4.69, 9.17) is 0 Å². The van der Waals surface area contributed by atoms with Gasteiger partial charge in [0.1, 0.15) is 11.5 Å². The Hall–Kier alpha value is -4.18. The van der Waals surface area contributed by atoms with Crippen LogP contribution < -0.4 is 0 Å². The number of hydrogen-bond donors (Lipinski definition) is 2. The number of aryl methyl sites for hydroxylation is 4. The molecule has 0 amide bonds. The molecular weight excluding hydrogens is 480 g/mol. The minimum absolute atomic E-state index is 0.202. The van der Waals surface area contributed by atoms with E-state index in [0.717, 1.165) is 11.1 Å². The molecule has 0 heterocycles. The fraction of sp³-hybridized carbons (Fsp3) is 0.257. The van der Waals surface area contributed by atoms with E-state index in [-0.39, 0.29) is 16.9 Å². The van der Waals surface area contributed by atoms with Crippen LogP contribution in [0.15, 0.2) is 82.8 Å². The Morgan fingerprint density at radius 2 is 0.949 bits per heavy atom. The first kappa shape index (κ1) is 27.8. The van der Waals surface area contributed by atoms with Crippen molar-refractivity contribution in [3.05, 3.63) is 106 Å². The van der Waals surface area contributed by atoms with Gasteiger partial charge in [-0.25, -0.2) is 0 Å². The van der Waals surface area contributed by atoms with Gasteiger partial charge in [0, 0.05) is 42.1 Å². The van der Waals surface area contributed by atoms with Crippen molar-refractivity contribution in [3.8, 4) is 33.8 Å². The highest BCUT2D eigenvalue weighted by Gasteiger charge is 2.17. The first-order chi connectivity index (χ1) is 18.6. The van der Waals surface area contributed by atoms with Gasteiger partial charge in [0.05, 0.1) is 0 Å². The van der Waals surface area contributed by atoms with Crippen LogP contribution in [0.4, 0.5) is 0 Å². The van der Waals surface area contributed by atoms with E-state index < -0.39 is 0 Å². The van der Waals surface area contributed by atoms with Crippen LogP contribution in [0.3, 0.4) is 0 Å². The van der Waals surface area contributed by atoms with Gasteiger partial charge in [-0.05, 0) is 96.5 Å². The Labute approximate surface area is 232 Å². The van der Waals surface area contributed by atoms with Crippen molar-refractivity contribution >= 4 is 12.4 Å². The van der Waals surface area contributed by atoms with Crippen LogP contribution in [0.1, 0.15) is 47.2 Å². The summed E-state index contributed by atoms with van der Waals surface area (Å²) in [6, 6.07) is 23.9. The van der Waals surface area contributed by atoms with Gasteiger partial charge in [-0.3, -0.25) is 9.98 Å². The van der Waals surface area contributed by atoms with Crippen molar-refractivity contribution in [2.24, 2.45) is 15.4 Å². The molecule has 200 valence electrons.